The summed E-state index contributed by atoms with van der Waals surface area (Å²) in [6, 6.07) is 8.27. The predicted octanol–water partition coefficient (Wildman–Crippen LogP) is 3.00. The second-order valence-electron chi connectivity index (χ2n) is 6.66. The van der Waals surface area contributed by atoms with E-state index in [9.17, 15) is 0 Å². The van der Waals surface area contributed by atoms with Gasteiger partial charge < -0.3 is 14.2 Å². The summed E-state index contributed by atoms with van der Waals surface area (Å²) in [5.74, 6) is 2.52. The first kappa shape index (κ1) is 15.6. The van der Waals surface area contributed by atoms with Crippen LogP contribution in [-0.2, 0) is 11.3 Å². The van der Waals surface area contributed by atoms with Crippen LogP contribution in [0.4, 0.5) is 0 Å². The summed E-state index contributed by atoms with van der Waals surface area (Å²) < 4.78 is 7.96. The minimum atomic E-state index is 0.131. The smallest absolute Gasteiger partial charge is 0.232 e. The van der Waals surface area contributed by atoms with Crippen molar-refractivity contribution >= 4 is 23.6 Å². The minimum Gasteiger partial charge on any atom is -0.474 e. The van der Waals surface area contributed by atoms with Gasteiger partial charge in [0, 0.05) is 11.6 Å². The number of hydrogen-bond acceptors (Lipinski definition) is 5. The van der Waals surface area contributed by atoms with Gasteiger partial charge in [-0.25, -0.2) is 4.99 Å². The Morgan fingerprint density at radius 3 is 3.00 bits per heavy atom. The molecule has 1 aromatic carbocycles. The molecule has 0 saturated heterocycles. The van der Waals surface area contributed by atoms with E-state index in [0.717, 1.165) is 40.4 Å². The van der Waals surface area contributed by atoms with Gasteiger partial charge in [-0.05, 0) is 36.8 Å². The largest absolute Gasteiger partial charge is 0.474 e. The van der Waals surface area contributed by atoms with Gasteiger partial charge in [0.25, 0.3) is 0 Å². The van der Waals surface area contributed by atoms with Crippen LogP contribution in [0, 0.1) is 6.92 Å². The fraction of sp³-hybridized carbons (Fsp3) is 0.316. The van der Waals surface area contributed by atoms with Crippen molar-refractivity contribution in [2.45, 2.75) is 25.6 Å². The van der Waals surface area contributed by atoms with E-state index < -0.39 is 0 Å². The number of hydrogen-bond donors (Lipinski definition) is 0. The number of benzene rings is 1. The average Bonchev–Trinajstić information content (AvgIpc) is 3.34. The van der Waals surface area contributed by atoms with Crippen molar-refractivity contribution in [2.24, 2.45) is 4.99 Å². The molecule has 5 rings (SSSR count). The van der Waals surface area contributed by atoms with Gasteiger partial charge in [0.05, 0.1) is 24.3 Å². The zero-order valence-corrected chi connectivity index (χ0v) is 15.1. The molecule has 0 fully saturated rings. The van der Waals surface area contributed by atoms with Gasteiger partial charge in [0.1, 0.15) is 12.4 Å². The molecule has 0 radical (unpaired) electrons. The Kier molecular flexibility index (Phi) is 3.60. The molecule has 0 aliphatic carbocycles. The van der Waals surface area contributed by atoms with E-state index in [4.69, 9.17) is 16.3 Å². The van der Waals surface area contributed by atoms with E-state index in [1.807, 2.05) is 31.2 Å². The molecule has 0 amide bonds. The Bertz CT molecular complexity index is 961. The molecule has 1 aromatic heterocycles. The normalized spacial score (nSPS) is 23.4. The highest BCUT2D eigenvalue weighted by molar-refractivity contribution is 6.30. The van der Waals surface area contributed by atoms with Gasteiger partial charge in [0.15, 0.2) is 5.82 Å². The highest BCUT2D eigenvalue weighted by Gasteiger charge is 2.40. The van der Waals surface area contributed by atoms with E-state index in [-0.39, 0.29) is 12.1 Å². The van der Waals surface area contributed by atoms with Crippen molar-refractivity contribution in [1.82, 2.24) is 19.7 Å². The summed E-state index contributed by atoms with van der Waals surface area (Å²) >= 11 is 6.19. The van der Waals surface area contributed by atoms with E-state index in [1.165, 1.54) is 0 Å². The number of rotatable bonds is 3. The summed E-state index contributed by atoms with van der Waals surface area (Å²) in [6.07, 6.45) is 6.46. The summed E-state index contributed by atoms with van der Waals surface area (Å²) in [4.78, 5) is 6.88. The van der Waals surface area contributed by atoms with Crippen molar-refractivity contribution < 1.29 is 4.74 Å². The van der Waals surface area contributed by atoms with Crippen molar-refractivity contribution in [1.29, 1.82) is 0 Å². The van der Waals surface area contributed by atoms with Crippen LogP contribution < -0.4 is 0 Å². The van der Waals surface area contributed by atoms with Crippen LogP contribution in [0.15, 0.2) is 47.1 Å². The third-order valence-electron chi connectivity index (χ3n) is 5.03. The molecule has 6 nitrogen and oxygen atoms in total. The minimum absolute atomic E-state index is 0.131. The Morgan fingerprint density at radius 2 is 2.19 bits per heavy atom. The molecule has 0 saturated carbocycles. The second kappa shape index (κ2) is 5.99. The molecule has 4 heterocycles. The summed E-state index contributed by atoms with van der Waals surface area (Å²) in [5, 5.41) is 9.24. The van der Waals surface area contributed by atoms with Crippen LogP contribution in [0.5, 0.6) is 0 Å². The van der Waals surface area contributed by atoms with E-state index in [0.29, 0.717) is 13.2 Å². The molecular weight excluding hydrogens is 350 g/mol. The molecular formula is C19H18ClN5O. The van der Waals surface area contributed by atoms with Crippen LogP contribution in [0.3, 0.4) is 0 Å². The molecule has 3 aliphatic rings. The first-order chi connectivity index (χ1) is 12.7. The number of halogens is 1. The Morgan fingerprint density at radius 1 is 1.27 bits per heavy atom. The van der Waals surface area contributed by atoms with Crippen LogP contribution in [0.1, 0.15) is 23.3 Å². The topological polar surface area (TPSA) is 55.5 Å². The quantitative estimate of drug-likeness (QED) is 0.836. The van der Waals surface area contributed by atoms with Gasteiger partial charge in [0.2, 0.25) is 5.90 Å². The van der Waals surface area contributed by atoms with E-state index in [1.54, 1.807) is 0 Å². The van der Waals surface area contributed by atoms with Gasteiger partial charge in [-0.1, -0.05) is 29.8 Å². The van der Waals surface area contributed by atoms with Gasteiger partial charge >= 0.3 is 0 Å². The van der Waals surface area contributed by atoms with Crippen LogP contribution >= 0.6 is 11.6 Å². The summed E-state index contributed by atoms with van der Waals surface area (Å²) in [5.41, 5.74) is 2.19. The molecule has 26 heavy (non-hydrogen) atoms. The highest BCUT2D eigenvalue weighted by Crippen LogP contribution is 2.38. The van der Waals surface area contributed by atoms with Crippen molar-refractivity contribution in [2.75, 3.05) is 13.2 Å². The molecule has 7 heteroatoms. The summed E-state index contributed by atoms with van der Waals surface area (Å²) in [6.45, 7) is 4.07. The van der Waals surface area contributed by atoms with Crippen molar-refractivity contribution in [3.63, 3.8) is 0 Å². The summed E-state index contributed by atoms with van der Waals surface area (Å²) in [7, 11) is 0. The molecule has 2 unspecified atom stereocenters. The molecule has 2 aromatic rings. The third-order valence-corrected chi connectivity index (χ3v) is 5.26. The lowest BCUT2D eigenvalue weighted by Crippen LogP contribution is -2.37. The number of nitrogens with zero attached hydrogens (tertiary/aromatic N) is 5. The second-order valence-corrected chi connectivity index (χ2v) is 7.10. The fourth-order valence-corrected chi connectivity index (χ4v) is 4.12. The lowest BCUT2D eigenvalue weighted by atomic mass is 10.1. The Balaban J connectivity index is 1.56. The van der Waals surface area contributed by atoms with Gasteiger partial charge in [-0.15, -0.1) is 10.2 Å². The van der Waals surface area contributed by atoms with Crippen LogP contribution in [-0.4, -0.2) is 44.8 Å². The molecule has 0 bridgehead atoms. The first-order valence-corrected chi connectivity index (χ1v) is 9.09. The Hall–Kier alpha value is -2.60. The highest BCUT2D eigenvalue weighted by atomic mass is 35.5. The van der Waals surface area contributed by atoms with E-state index >= 15 is 0 Å². The zero-order chi connectivity index (χ0) is 17.7. The molecule has 132 valence electrons. The van der Waals surface area contributed by atoms with Crippen LogP contribution in [0.25, 0.3) is 6.08 Å². The number of ether oxygens (including phenoxy) is 1. The zero-order valence-electron chi connectivity index (χ0n) is 14.3. The van der Waals surface area contributed by atoms with E-state index in [2.05, 4.69) is 42.9 Å². The molecule has 0 spiro atoms. The van der Waals surface area contributed by atoms with Gasteiger partial charge in [-0.3, -0.25) is 0 Å². The third kappa shape index (κ3) is 2.44. The molecule has 3 aliphatic heterocycles. The van der Waals surface area contributed by atoms with Gasteiger partial charge in [-0.2, -0.15) is 0 Å². The molecule has 0 N–H and O–H groups in total. The van der Waals surface area contributed by atoms with Crippen molar-refractivity contribution in [3.05, 3.63) is 64.3 Å². The maximum atomic E-state index is 6.19. The number of aromatic nitrogens is 3. The predicted molar refractivity (Wildman–Crippen MR) is 100.0 cm³/mol. The maximum absolute atomic E-state index is 6.19. The number of aryl methyl sites for hydroxylation is 1. The first-order valence-electron chi connectivity index (χ1n) is 8.71. The SMILES string of the molecule is Cc1nnc2n1C1C=C(C3=NCCO3)N(Cc3cccc(Cl)c3)C1C=C2. The lowest BCUT2D eigenvalue weighted by molar-refractivity contribution is 0.264. The monoisotopic (exact) mass is 367 g/mol. The lowest BCUT2D eigenvalue weighted by Gasteiger charge is -2.33. The number of fused-ring (bicyclic) bond motifs is 3. The van der Waals surface area contributed by atoms with Crippen molar-refractivity contribution in [3.8, 4) is 0 Å². The maximum Gasteiger partial charge on any atom is 0.232 e. The Labute approximate surface area is 156 Å². The molecule has 2 atom stereocenters. The average molecular weight is 368 g/mol. The van der Waals surface area contributed by atoms with Crippen LogP contribution in [0.2, 0.25) is 5.02 Å². The standard InChI is InChI=1S/C19H18ClN5O/c1-12-22-23-18-6-5-15-16(25(12)18)10-17(19-21-7-8-26-19)24(15)11-13-3-2-4-14(20)9-13/h2-6,9-10,15-16H,7-8,11H2,1H3. The number of aliphatic imine (C=N–C) groups is 1. The fourth-order valence-electron chi connectivity index (χ4n) is 3.91.